The molecule has 1 N–H and O–H groups in total. The lowest BCUT2D eigenvalue weighted by atomic mass is 10.1. The van der Waals surface area contributed by atoms with Crippen molar-refractivity contribution >= 4 is 23.5 Å². The lowest BCUT2D eigenvalue weighted by Gasteiger charge is -2.18. The van der Waals surface area contributed by atoms with E-state index in [-0.39, 0.29) is 6.04 Å². The van der Waals surface area contributed by atoms with E-state index < -0.39 is 0 Å². The maximum atomic E-state index is 5.36. The fourth-order valence-electron chi connectivity index (χ4n) is 2.03. The highest BCUT2D eigenvalue weighted by atomic mass is 32.2. The van der Waals surface area contributed by atoms with Gasteiger partial charge in [-0.25, -0.2) is 0 Å². The van der Waals surface area contributed by atoms with E-state index >= 15 is 0 Å². The van der Waals surface area contributed by atoms with Crippen LogP contribution in [0.3, 0.4) is 0 Å². The first-order valence-electron chi connectivity index (χ1n) is 6.89. The fraction of sp³-hybridized carbons (Fsp3) is 0.846. The van der Waals surface area contributed by atoms with Crippen molar-refractivity contribution in [3.8, 4) is 0 Å². The van der Waals surface area contributed by atoms with Gasteiger partial charge in [0.05, 0.1) is 6.04 Å². The second kappa shape index (κ2) is 7.55. The molecule has 0 aromatic carbocycles. The maximum absolute atomic E-state index is 5.36. The molecule has 4 nitrogen and oxygen atoms in total. The number of nitrogens with zero attached hydrogens (tertiary/aromatic N) is 2. The van der Waals surface area contributed by atoms with Crippen LogP contribution < -0.4 is 5.32 Å². The zero-order valence-corrected chi connectivity index (χ0v) is 13.5. The van der Waals surface area contributed by atoms with Crippen LogP contribution >= 0.6 is 23.5 Å². The van der Waals surface area contributed by atoms with Gasteiger partial charge < -0.3 is 9.84 Å². The van der Waals surface area contributed by atoms with Crippen molar-refractivity contribution in [2.24, 2.45) is 5.92 Å². The minimum absolute atomic E-state index is 0.137. The van der Waals surface area contributed by atoms with Gasteiger partial charge in [-0.2, -0.15) is 28.5 Å². The summed E-state index contributed by atoms with van der Waals surface area (Å²) >= 11 is 4.05. The van der Waals surface area contributed by atoms with Gasteiger partial charge in [0.15, 0.2) is 5.82 Å². The molecule has 108 valence electrons. The Morgan fingerprint density at radius 2 is 1.95 bits per heavy atom. The van der Waals surface area contributed by atoms with Gasteiger partial charge in [-0.15, -0.1) is 0 Å². The molecule has 0 spiro atoms. The Morgan fingerprint density at radius 1 is 1.26 bits per heavy atom. The molecule has 19 heavy (non-hydrogen) atoms. The molecular formula is C13H23N3OS2. The molecule has 1 fully saturated rings. The van der Waals surface area contributed by atoms with Crippen LogP contribution in [0.4, 0.5) is 0 Å². The molecular weight excluding hydrogens is 278 g/mol. The summed E-state index contributed by atoms with van der Waals surface area (Å²) in [6.45, 7) is 6.43. The third kappa shape index (κ3) is 5.00. The summed E-state index contributed by atoms with van der Waals surface area (Å²) in [6, 6.07) is 0.672. The molecule has 1 atom stereocenters. The Balaban J connectivity index is 1.87. The molecule has 1 aliphatic rings. The van der Waals surface area contributed by atoms with Crippen molar-refractivity contribution in [3.05, 3.63) is 11.7 Å². The quantitative estimate of drug-likeness (QED) is 0.902. The van der Waals surface area contributed by atoms with E-state index in [0.717, 1.165) is 18.1 Å². The van der Waals surface area contributed by atoms with Crippen LogP contribution in [0.15, 0.2) is 4.52 Å². The van der Waals surface area contributed by atoms with E-state index in [0.29, 0.717) is 12.0 Å². The highest BCUT2D eigenvalue weighted by molar-refractivity contribution is 8.03. The standard InChI is InChI=1S/C13H23N3OS2/c1-9(2)6-12-15-13(17-16-12)10(3)14-11-7-18-4-5-19-8-11/h9-11,14H,4-8H2,1-3H3/t10-/m1/s1. The van der Waals surface area contributed by atoms with Gasteiger partial charge in [0, 0.05) is 35.5 Å². The minimum Gasteiger partial charge on any atom is -0.338 e. The van der Waals surface area contributed by atoms with Crippen molar-refractivity contribution in [3.63, 3.8) is 0 Å². The van der Waals surface area contributed by atoms with Gasteiger partial charge >= 0.3 is 0 Å². The monoisotopic (exact) mass is 301 g/mol. The summed E-state index contributed by atoms with van der Waals surface area (Å²) < 4.78 is 5.36. The molecule has 0 bridgehead atoms. The normalized spacial score (nSPS) is 19.6. The lowest BCUT2D eigenvalue weighted by molar-refractivity contribution is 0.328. The Morgan fingerprint density at radius 3 is 2.58 bits per heavy atom. The average Bonchev–Trinajstić information content (AvgIpc) is 2.66. The molecule has 1 aromatic heterocycles. The predicted octanol–water partition coefficient (Wildman–Crippen LogP) is 2.77. The molecule has 0 unspecified atom stereocenters. The second-order valence-electron chi connectivity index (χ2n) is 5.38. The SMILES string of the molecule is CC(C)Cc1noc([C@@H](C)NC2CSCCSC2)n1. The Bertz CT molecular complexity index is 376. The lowest BCUT2D eigenvalue weighted by Crippen LogP contribution is -2.35. The average molecular weight is 301 g/mol. The first-order chi connectivity index (χ1) is 9.15. The molecule has 2 rings (SSSR count). The van der Waals surface area contributed by atoms with Crippen LogP contribution in [0.25, 0.3) is 0 Å². The van der Waals surface area contributed by atoms with Gasteiger partial charge in [0.25, 0.3) is 0 Å². The third-order valence-corrected chi connectivity index (χ3v) is 5.46. The summed E-state index contributed by atoms with van der Waals surface area (Å²) in [5.74, 6) is 6.96. The molecule has 1 aromatic rings. The van der Waals surface area contributed by atoms with Crippen LogP contribution in [0.2, 0.25) is 0 Å². The number of rotatable bonds is 5. The molecule has 0 aliphatic carbocycles. The number of nitrogens with one attached hydrogen (secondary N) is 1. The number of hydrogen-bond acceptors (Lipinski definition) is 6. The fourth-order valence-corrected chi connectivity index (χ4v) is 4.45. The third-order valence-electron chi connectivity index (χ3n) is 2.94. The number of thioether (sulfide) groups is 2. The van der Waals surface area contributed by atoms with Gasteiger partial charge in [-0.3, -0.25) is 0 Å². The van der Waals surface area contributed by atoms with Crippen LogP contribution in [-0.2, 0) is 6.42 Å². The van der Waals surface area contributed by atoms with Crippen molar-refractivity contribution in [2.45, 2.75) is 39.3 Å². The van der Waals surface area contributed by atoms with Crippen molar-refractivity contribution in [2.75, 3.05) is 23.0 Å². The van der Waals surface area contributed by atoms with Crippen molar-refractivity contribution < 1.29 is 4.52 Å². The zero-order valence-electron chi connectivity index (χ0n) is 11.9. The highest BCUT2D eigenvalue weighted by Gasteiger charge is 2.20. The zero-order chi connectivity index (χ0) is 13.7. The van der Waals surface area contributed by atoms with E-state index in [4.69, 9.17) is 4.52 Å². The van der Waals surface area contributed by atoms with E-state index in [9.17, 15) is 0 Å². The van der Waals surface area contributed by atoms with Crippen LogP contribution in [0.5, 0.6) is 0 Å². The molecule has 0 amide bonds. The van der Waals surface area contributed by atoms with Crippen LogP contribution in [0.1, 0.15) is 38.5 Å². The molecule has 1 saturated heterocycles. The Hall–Kier alpha value is -0.200. The highest BCUT2D eigenvalue weighted by Crippen LogP contribution is 2.19. The molecule has 0 saturated carbocycles. The molecule has 2 heterocycles. The smallest absolute Gasteiger partial charge is 0.243 e. The summed E-state index contributed by atoms with van der Waals surface area (Å²) in [6.07, 6.45) is 0.880. The summed E-state index contributed by atoms with van der Waals surface area (Å²) in [5, 5.41) is 7.66. The second-order valence-corrected chi connectivity index (χ2v) is 7.68. The van der Waals surface area contributed by atoms with Gasteiger partial charge in [-0.1, -0.05) is 19.0 Å². The van der Waals surface area contributed by atoms with Crippen LogP contribution in [-0.4, -0.2) is 39.2 Å². The van der Waals surface area contributed by atoms with E-state index in [1.165, 1.54) is 23.0 Å². The Labute approximate surface area is 123 Å². The van der Waals surface area contributed by atoms with Crippen molar-refractivity contribution in [1.82, 2.24) is 15.5 Å². The van der Waals surface area contributed by atoms with E-state index in [2.05, 4.69) is 36.2 Å². The van der Waals surface area contributed by atoms with Gasteiger partial charge in [0.1, 0.15) is 0 Å². The van der Waals surface area contributed by atoms with Gasteiger partial charge in [0.2, 0.25) is 5.89 Å². The van der Waals surface area contributed by atoms with E-state index in [1.54, 1.807) is 0 Å². The molecule has 0 radical (unpaired) electrons. The predicted molar refractivity (Wildman–Crippen MR) is 82.8 cm³/mol. The topological polar surface area (TPSA) is 51.0 Å². The first kappa shape index (κ1) is 15.2. The number of hydrogen-bond donors (Lipinski definition) is 1. The van der Waals surface area contributed by atoms with E-state index in [1.807, 2.05) is 23.5 Å². The Kier molecular flexibility index (Phi) is 6.04. The minimum atomic E-state index is 0.137. The number of aromatic nitrogens is 2. The summed E-state index contributed by atoms with van der Waals surface area (Å²) in [5.41, 5.74) is 0. The largest absolute Gasteiger partial charge is 0.338 e. The first-order valence-corrected chi connectivity index (χ1v) is 9.20. The van der Waals surface area contributed by atoms with Crippen LogP contribution in [0, 0.1) is 5.92 Å². The molecule has 6 heteroatoms. The summed E-state index contributed by atoms with van der Waals surface area (Å²) in [4.78, 5) is 4.49. The van der Waals surface area contributed by atoms with Crippen molar-refractivity contribution in [1.29, 1.82) is 0 Å². The molecule has 1 aliphatic heterocycles. The maximum Gasteiger partial charge on any atom is 0.243 e. The van der Waals surface area contributed by atoms with Gasteiger partial charge in [-0.05, 0) is 12.8 Å². The summed E-state index contributed by atoms with van der Waals surface area (Å²) in [7, 11) is 0.